The van der Waals surface area contributed by atoms with Gasteiger partial charge in [0.1, 0.15) is 12.6 Å². The van der Waals surface area contributed by atoms with Crippen LogP contribution in [0.2, 0.25) is 0 Å². The summed E-state index contributed by atoms with van der Waals surface area (Å²) in [5, 5.41) is 0. The van der Waals surface area contributed by atoms with Gasteiger partial charge in [0, 0.05) is 26.1 Å². The molecule has 1 fully saturated rings. The molecule has 0 spiro atoms. The molecule has 0 unspecified atom stereocenters. The Bertz CT molecular complexity index is 424. The third-order valence-corrected chi connectivity index (χ3v) is 5.86. The highest BCUT2D eigenvalue weighted by Gasteiger charge is 2.54. The van der Waals surface area contributed by atoms with Crippen molar-refractivity contribution in [2.24, 2.45) is 22.7 Å². The summed E-state index contributed by atoms with van der Waals surface area (Å²) < 4.78 is 10.4. The van der Waals surface area contributed by atoms with E-state index in [0.717, 1.165) is 32.3 Å². The van der Waals surface area contributed by atoms with Gasteiger partial charge < -0.3 is 9.47 Å². The van der Waals surface area contributed by atoms with Gasteiger partial charge in [0.15, 0.2) is 0 Å². The summed E-state index contributed by atoms with van der Waals surface area (Å²) in [6.07, 6.45) is 6.36. The van der Waals surface area contributed by atoms with Crippen molar-refractivity contribution in [1.82, 2.24) is 0 Å². The lowest BCUT2D eigenvalue weighted by molar-refractivity contribution is -0.130. The van der Waals surface area contributed by atoms with Crippen molar-refractivity contribution in [3.05, 3.63) is 11.6 Å². The van der Waals surface area contributed by atoms with E-state index in [1.165, 1.54) is 5.57 Å². The van der Waals surface area contributed by atoms with E-state index in [2.05, 4.69) is 33.8 Å². The van der Waals surface area contributed by atoms with Crippen LogP contribution in [0.3, 0.4) is 0 Å². The van der Waals surface area contributed by atoms with Gasteiger partial charge in [0.05, 0.1) is 0 Å². The Balaban J connectivity index is 2.10. The number of ketones is 1. The molecule has 3 heteroatoms. The van der Waals surface area contributed by atoms with E-state index in [0.29, 0.717) is 18.5 Å². The number of hydrogen-bond donors (Lipinski definition) is 0. The first-order valence-electron chi connectivity index (χ1n) is 8.13. The molecule has 0 aliphatic heterocycles. The zero-order chi connectivity index (χ0) is 15.7. The van der Waals surface area contributed by atoms with Crippen LogP contribution in [0.1, 0.15) is 53.4 Å². The van der Waals surface area contributed by atoms with Crippen molar-refractivity contribution in [3.8, 4) is 0 Å². The fraction of sp³-hybridized carbons (Fsp3) is 0.833. The van der Waals surface area contributed by atoms with Crippen LogP contribution in [0.15, 0.2) is 11.6 Å². The van der Waals surface area contributed by atoms with E-state index in [1.807, 2.05) is 0 Å². The lowest BCUT2D eigenvalue weighted by Crippen LogP contribution is -2.42. The first kappa shape index (κ1) is 16.7. The second kappa shape index (κ2) is 6.21. The smallest absolute Gasteiger partial charge is 0.146 e. The van der Waals surface area contributed by atoms with Crippen LogP contribution in [-0.4, -0.2) is 26.3 Å². The fourth-order valence-corrected chi connectivity index (χ4v) is 4.45. The summed E-state index contributed by atoms with van der Waals surface area (Å²) in [4.78, 5) is 12.2. The number of fused-ring (bicyclic) bond motifs is 1. The molecule has 3 atom stereocenters. The van der Waals surface area contributed by atoms with Gasteiger partial charge in [-0.3, -0.25) is 4.79 Å². The number of hydrogen-bond acceptors (Lipinski definition) is 3. The molecule has 0 radical (unpaired) electrons. The molecule has 0 aromatic carbocycles. The van der Waals surface area contributed by atoms with Crippen molar-refractivity contribution in [3.63, 3.8) is 0 Å². The van der Waals surface area contributed by atoms with Gasteiger partial charge in [-0.1, -0.05) is 32.4 Å². The van der Waals surface area contributed by atoms with Gasteiger partial charge in [-0.05, 0) is 42.9 Å². The first-order valence-corrected chi connectivity index (χ1v) is 8.13. The first-order chi connectivity index (χ1) is 9.83. The highest BCUT2D eigenvalue weighted by Crippen LogP contribution is 2.61. The quantitative estimate of drug-likeness (QED) is 0.422. The lowest BCUT2D eigenvalue weighted by atomic mass is 9.57. The molecule has 0 heterocycles. The largest absolute Gasteiger partial charge is 0.359 e. The Hall–Kier alpha value is -0.670. The second-order valence-electron chi connectivity index (χ2n) is 7.53. The topological polar surface area (TPSA) is 35.5 Å². The monoisotopic (exact) mass is 294 g/mol. The van der Waals surface area contributed by atoms with Gasteiger partial charge in [0.25, 0.3) is 0 Å². The van der Waals surface area contributed by atoms with Crippen LogP contribution < -0.4 is 0 Å². The van der Waals surface area contributed by atoms with Gasteiger partial charge >= 0.3 is 0 Å². The molecule has 3 nitrogen and oxygen atoms in total. The summed E-state index contributed by atoms with van der Waals surface area (Å²) in [5.74, 6) is 1.10. The van der Waals surface area contributed by atoms with Crippen LogP contribution in [0, 0.1) is 22.7 Å². The molecule has 1 saturated carbocycles. The van der Waals surface area contributed by atoms with E-state index >= 15 is 0 Å². The molecule has 21 heavy (non-hydrogen) atoms. The maximum absolute atomic E-state index is 12.2. The minimum Gasteiger partial charge on any atom is -0.359 e. The van der Waals surface area contributed by atoms with E-state index in [-0.39, 0.29) is 16.7 Å². The van der Waals surface area contributed by atoms with Crippen molar-refractivity contribution in [1.29, 1.82) is 0 Å². The van der Waals surface area contributed by atoms with E-state index in [9.17, 15) is 4.79 Å². The molecule has 0 aromatic heterocycles. The maximum Gasteiger partial charge on any atom is 0.146 e. The predicted molar refractivity (Wildman–Crippen MR) is 83.9 cm³/mol. The minimum absolute atomic E-state index is 0.142. The average molecular weight is 294 g/mol. The molecule has 2 aliphatic rings. The third-order valence-electron chi connectivity index (χ3n) is 5.86. The van der Waals surface area contributed by atoms with E-state index < -0.39 is 0 Å². The van der Waals surface area contributed by atoms with Crippen LogP contribution in [-0.2, 0) is 14.3 Å². The minimum atomic E-state index is 0.142. The molecule has 2 aliphatic carbocycles. The Morgan fingerprint density at radius 1 is 1.38 bits per heavy atom. The maximum atomic E-state index is 12.2. The summed E-state index contributed by atoms with van der Waals surface area (Å²) in [6, 6.07) is 0. The molecular formula is C18H30O3. The normalized spacial score (nSPS) is 34.7. The zero-order valence-corrected chi connectivity index (χ0v) is 14.2. The van der Waals surface area contributed by atoms with Crippen LogP contribution in [0.4, 0.5) is 0 Å². The van der Waals surface area contributed by atoms with Crippen molar-refractivity contribution < 1.29 is 14.3 Å². The van der Waals surface area contributed by atoms with Crippen LogP contribution in [0.5, 0.6) is 0 Å². The molecule has 120 valence electrons. The summed E-state index contributed by atoms with van der Waals surface area (Å²) in [7, 11) is 1.65. The SMILES string of the molecule is COCOCCC[C@@]12C=C(C)C(C)(C)[C@@H]1CC(=O)[C@@H](C)C2. The van der Waals surface area contributed by atoms with Crippen LogP contribution in [0.25, 0.3) is 0 Å². The number of allylic oxidation sites excluding steroid dienone is 2. The number of methoxy groups -OCH3 is 1. The Labute approximate surface area is 129 Å². The van der Waals surface area contributed by atoms with Gasteiger partial charge in [-0.25, -0.2) is 0 Å². The van der Waals surface area contributed by atoms with Crippen molar-refractivity contribution >= 4 is 5.78 Å². The molecule has 0 N–H and O–H groups in total. The molecular weight excluding hydrogens is 264 g/mol. The van der Waals surface area contributed by atoms with Crippen molar-refractivity contribution in [2.75, 3.05) is 20.5 Å². The number of Topliss-reactive ketones (excluding diaryl/α,β-unsaturated/α-hetero) is 1. The number of carbonyl (C=O) groups excluding carboxylic acids is 1. The number of rotatable bonds is 6. The highest BCUT2D eigenvalue weighted by atomic mass is 16.7. The third kappa shape index (κ3) is 3.09. The number of ether oxygens (including phenoxy) is 2. The predicted octanol–water partition coefficient (Wildman–Crippen LogP) is 3.97. The molecule has 0 bridgehead atoms. The second-order valence-corrected chi connectivity index (χ2v) is 7.53. The van der Waals surface area contributed by atoms with Gasteiger partial charge in [0.2, 0.25) is 0 Å². The van der Waals surface area contributed by atoms with Gasteiger partial charge in [-0.2, -0.15) is 0 Å². The summed E-state index contributed by atoms with van der Waals surface area (Å²) in [5.41, 5.74) is 1.78. The lowest BCUT2D eigenvalue weighted by Gasteiger charge is -2.46. The molecule has 0 aromatic rings. The Morgan fingerprint density at radius 2 is 2.10 bits per heavy atom. The summed E-state index contributed by atoms with van der Waals surface area (Å²) in [6.45, 7) is 10.0. The zero-order valence-electron chi connectivity index (χ0n) is 14.2. The Morgan fingerprint density at radius 3 is 2.76 bits per heavy atom. The van der Waals surface area contributed by atoms with Crippen molar-refractivity contribution in [2.45, 2.75) is 53.4 Å². The van der Waals surface area contributed by atoms with Crippen LogP contribution >= 0.6 is 0 Å². The summed E-state index contributed by atoms with van der Waals surface area (Å²) >= 11 is 0. The average Bonchev–Trinajstić information content (AvgIpc) is 2.59. The standard InChI is InChI=1S/C18H30O3/c1-13-10-18(7-6-8-21-12-20-5)11-14(2)17(3,4)16(18)9-15(13)19/h11,13,16H,6-10,12H2,1-5H3/t13-,16-,18+/m0/s1. The molecule has 0 saturated heterocycles. The van der Waals surface area contributed by atoms with E-state index in [1.54, 1.807) is 7.11 Å². The number of carbonyl (C=O) groups is 1. The molecule has 2 rings (SSSR count). The van der Waals surface area contributed by atoms with Gasteiger partial charge in [-0.15, -0.1) is 0 Å². The highest BCUT2D eigenvalue weighted by molar-refractivity contribution is 5.82. The fourth-order valence-electron chi connectivity index (χ4n) is 4.45. The molecule has 0 amide bonds. The van der Waals surface area contributed by atoms with E-state index in [4.69, 9.17) is 9.47 Å². The Kier molecular flexibility index (Phi) is 4.94.